The molecule has 0 spiro atoms. The van der Waals surface area contributed by atoms with Crippen LogP contribution < -0.4 is 10.6 Å². The molecule has 116 valence electrons. The normalized spacial score (nSPS) is 32.6. The molecule has 2 rings (SSSR count). The van der Waals surface area contributed by atoms with Crippen molar-refractivity contribution < 1.29 is 13.2 Å². The second-order valence-electron chi connectivity index (χ2n) is 6.16. The van der Waals surface area contributed by atoms with Crippen molar-refractivity contribution in [3.63, 3.8) is 0 Å². The first kappa shape index (κ1) is 15.7. The van der Waals surface area contributed by atoms with E-state index in [1.54, 1.807) is 0 Å². The van der Waals surface area contributed by atoms with Crippen LogP contribution in [-0.2, 0) is 14.6 Å². The third-order valence-corrected chi connectivity index (χ3v) is 6.15. The SMILES string of the molecule is CCN(CC(=O)NC1(C)CCS(=O)(=O)C1)C1CCNC1. The molecule has 2 saturated heterocycles. The van der Waals surface area contributed by atoms with Gasteiger partial charge in [0, 0.05) is 12.6 Å². The van der Waals surface area contributed by atoms with Crippen LogP contribution in [0.4, 0.5) is 0 Å². The second kappa shape index (κ2) is 5.99. The average molecular weight is 303 g/mol. The van der Waals surface area contributed by atoms with Gasteiger partial charge in [0.2, 0.25) is 5.91 Å². The van der Waals surface area contributed by atoms with Gasteiger partial charge in [0.05, 0.1) is 23.6 Å². The number of hydrogen-bond donors (Lipinski definition) is 2. The summed E-state index contributed by atoms with van der Waals surface area (Å²) in [7, 11) is -2.99. The topological polar surface area (TPSA) is 78.5 Å². The largest absolute Gasteiger partial charge is 0.349 e. The first-order valence-corrected chi connectivity index (χ1v) is 9.12. The molecule has 2 atom stereocenters. The number of likely N-dealkylation sites (N-methyl/N-ethyl adjacent to an activating group) is 1. The fourth-order valence-electron chi connectivity index (χ4n) is 3.12. The number of hydrogen-bond acceptors (Lipinski definition) is 5. The van der Waals surface area contributed by atoms with Gasteiger partial charge in [0.1, 0.15) is 0 Å². The van der Waals surface area contributed by atoms with Gasteiger partial charge >= 0.3 is 0 Å². The molecule has 2 aliphatic heterocycles. The van der Waals surface area contributed by atoms with Crippen molar-refractivity contribution in [1.82, 2.24) is 15.5 Å². The summed E-state index contributed by atoms with van der Waals surface area (Å²) in [6.07, 6.45) is 1.57. The van der Waals surface area contributed by atoms with E-state index in [2.05, 4.69) is 15.5 Å². The fourth-order valence-corrected chi connectivity index (χ4v) is 5.21. The molecule has 6 nitrogen and oxygen atoms in total. The van der Waals surface area contributed by atoms with Crippen LogP contribution in [-0.4, -0.2) is 68.5 Å². The zero-order valence-electron chi connectivity index (χ0n) is 12.3. The molecule has 2 heterocycles. The number of rotatable bonds is 5. The van der Waals surface area contributed by atoms with Crippen LogP contribution in [0.3, 0.4) is 0 Å². The maximum Gasteiger partial charge on any atom is 0.234 e. The molecule has 2 unspecified atom stereocenters. The van der Waals surface area contributed by atoms with Gasteiger partial charge in [0.15, 0.2) is 9.84 Å². The lowest BCUT2D eigenvalue weighted by Gasteiger charge is -2.29. The average Bonchev–Trinajstić information content (AvgIpc) is 2.94. The standard InChI is InChI=1S/C13H25N3O3S/c1-3-16(11-4-6-14-8-11)9-12(17)15-13(2)5-7-20(18,19)10-13/h11,14H,3-10H2,1-2H3,(H,15,17). The summed E-state index contributed by atoms with van der Waals surface area (Å²) >= 11 is 0. The van der Waals surface area contributed by atoms with E-state index in [0.717, 1.165) is 26.1 Å². The number of nitrogens with zero attached hydrogens (tertiary/aromatic N) is 1. The molecular weight excluding hydrogens is 278 g/mol. The van der Waals surface area contributed by atoms with Crippen LogP contribution in [0, 0.1) is 0 Å². The molecule has 2 fully saturated rings. The van der Waals surface area contributed by atoms with Crippen molar-refractivity contribution in [3.05, 3.63) is 0 Å². The Morgan fingerprint density at radius 3 is 2.75 bits per heavy atom. The zero-order valence-corrected chi connectivity index (χ0v) is 13.1. The van der Waals surface area contributed by atoms with Crippen molar-refractivity contribution in [2.45, 2.75) is 38.3 Å². The van der Waals surface area contributed by atoms with E-state index in [9.17, 15) is 13.2 Å². The number of amides is 1. The Kier molecular flexibility index (Phi) is 4.71. The minimum Gasteiger partial charge on any atom is -0.349 e. The second-order valence-corrected chi connectivity index (χ2v) is 8.34. The summed E-state index contributed by atoms with van der Waals surface area (Å²) in [5.41, 5.74) is -0.594. The number of carbonyl (C=O) groups is 1. The lowest BCUT2D eigenvalue weighted by Crippen LogP contribution is -2.52. The molecule has 0 radical (unpaired) electrons. The smallest absolute Gasteiger partial charge is 0.234 e. The molecule has 2 aliphatic rings. The van der Waals surface area contributed by atoms with E-state index >= 15 is 0 Å². The van der Waals surface area contributed by atoms with Gasteiger partial charge in [-0.1, -0.05) is 6.92 Å². The summed E-state index contributed by atoms with van der Waals surface area (Å²) in [5.74, 6) is 0.162. The molecule has 0 aromatic rings. The maximum absolute atomic E-state index is 12.2. The van der Waals surface area contributed by atoms with Crippen molar-refractivity contribution >= 4 is 15.7 Å². The van der Waals surface area contributed by atoms with Gasteiger partial charge in [-0.25, -0.2) is 8.42 Å². The van der Waals surface area contributed by atoms with Crippen molar-refractivity contribution in [2.75, 3.05) is 37.7 Å². The number of nitrogens with one attached hydrogen (secondary N) is 2. The number of carbonyl (C=O) groups excluding carboxylic acids is 1. The molecule has 0 aromatic carbocycles. The minimum absolute atomic E-state index is 0.0584. The third kappa shape index (κ3) is 3.93. The van der Waals surface area contributed by atoms with E-state index in [1.165, 1.54) is 0 Å². The Bertz CT molecular complexity index is 459. The van der Waals surface area contributed by atoms with Crippen LogP contribution in [0.15, 0.2) is 0 Å². The molecule has 20 heavy (non-hydrogen) atoms. The minimum atomic E-state index is -2.99. The predicted molar refractivity (Wildman–Crippen MR) is 78.3 cm³/mol. The van der Waals surface area contributed by atoms with Crippen molar-refractivity contribution in [1.29, 1.82) is 0 Å². The quantitative estimate of drug-likeness (QED) is 0.707. The Labute approximate surface area is 121 Å². The molecule has 2 N–H and O–H groups in total. The molecule has 0 saturated carbocycles. The summed E-state index contributed by atoms with van der Waals surface area (Å²) in [6.45, 7) is 6.97. The van der Waals surface area contributed by atoms with Gasteiger partial charge in [-0.2, -0.15) is 0 Å². The fraction of sp³-hybridized carbons (Fsp3) is 0.923. The van der Waals surface area contributed by atoms with Crippen LogP contribution in [0.1, 0.15) is 26.7 Å². The van der Waals surface area contributed by atoms with Crippen molar-refractivity contribution in [3.8, 4) is 0 Å². The van der Waals surface area contributed by atoms with Gasteiger partial charge in [-0.3, -0.25) is 9.69 Å². The molecule has 1 amide bonds. The van der Waals surface area contributed by atoms with E-state index in [4.69, 9.17) is 0 Å². The van der Waals surface area contributed by atoms with Gasteiger partial charge in [-0.15, -0.1) is 0 Å². The molecule has 0 aromatic heterocycles. The Balaban J connectivity index is 1.88. The highest BCUT2D eigenvalue weighted by molar-refractivity contribution is 7.91. The summed E-state index contributed by atoms with van der Waals surface area (Å²) in [6, 6.07) is 0.408. The van der Waals surface area contributed by atoms with Gasteiger partial charge in [0.25, 0.3) is 0 Å². The maximum atomic E-state index is 12.2. The van der Waals surface area contributed by atoms with Gasteiger partial charge < -0.3 is 10.6 Å². The van der Waals surface area contributed by atoms with Gasteiger partial charge in [-0.05, 0) is 32.9 Å². The Morgan fingerprint density at radius 2 is 2.25 bits per heavy atom. The summed E-state index contributed by atoms with van der Waals surface area (Å²) in [5, 5.41) is 6.22. The molecular formula is C13H25N3O3S. The Hall–Kier alpha value is -0.660. The highest BCUT2D eigenvalue weighted by atomic mass is 32.2. The van der Waals surface area contributed by atoms with E-state index in [-0.39, 0.29) is 17.4 Å². The first-order valence-electron chi connectivity index (χ1n) is 7.30. The van der Waals surface area contributed by atoms with Crippen LogP contribution >= 0.6 is 0 Å². The van der Waals surface area contributed by atoms with E-state index < -0.39 is 15.4 Å². The summed E-state index contributed by atoms with van der Waals surface area (Å²) in [4.78, 5) is 14.3. The van der Waals surface area contributed by atoms with E-state index in [0.29, 0.717) is 19.0 Å². The molecule has 0 bridgehead atoms. The summed E-state index contributed by atoms with van der Waals surface area (Å²) < 4.78 is 23.1. The van der Waals surface area contributed by atoms with Crippen molar-refractivity contribution in [2.24, 2.45) is 0 Å². The highest BCUT2D eigenvalue weighted by Gasteiger charge is 2.39. The molecule has 7 heteroatoms. The lowest BCUT2D eigenvalue weighted by atomic mass is 10.0. The van der Waals surface area contributed by atoms with Crippen LogP contribution in [0.5, 0.6) is 0 Å². The first-order chi connectivity index (χ1) is 9.34. The van der Waals surface area contributed by atoms with Crippen LogP contribution in [0.25, 0.3) is 0 Å². The highest BCUT2D eigenvalue weighted by Crippen LogP contribution is 2.22. The molecule has 0 aliphatic carbocycles. The lowest BCUT2D eigenvalue weighted by molar-refractivity contribution is -0.124. The Morgan fingerprint density at radius 1 is 1.50 bits per heavy atom. The van der Waals surface area contributed by atoms with Crippen LogP contribution in [0.2, 0.25) is 0 Å². The zero-order chi connectivity index (χ0) is 14.8. The predicted octanol–water partition coefficient (Wildman–Crippen LogP) is -0.636. The number of sulfone groups is 1. The third-order valence-electron chi connectivity index (χ3n) is 4.25. The monoisotopic (exact) mass is 303 g/mol. The van der Waals surface area contributed by atoms with E-state index in [1.807, 2.05) is 13.8 Å².